The Morgan fingerprint density at radius 3 is 2.81 bits per heavy atom. The molecular formula is C21H25N5O. The Morgan fingerprint density at radius 2 is 2.07 bits per heavy atom. The largest absolute Gasteiger partial charge is 0.334 e. The Labute approximate surface area is 159 Å². The van der Waals surface area contributed by atoms with Gasteiger partial charge in [0, 0.05) is 29.8 Å². The summed E-state index contributed by atoms with van der Waals surface area (Å²) in [7, 11) is 0. The van der Waals surface area contributed by atoms with Crippen LogP contribution < -0.4 is 10.6 Å². The second-order valence-electron chi connectivity index (χ2n) is 6.86. The molecule has 1 aromatic heterocycles. The number of carbonyl (C=O) groups excluding carboxylic acids is 1. The average molecular weight is 363 g/mol. The maximum atomic E-state index is 12.2. The normalized spacial score (nSPS) is 18.3. The number of nitrogens with zero attached hydrogens (tertiary/aromatic N) is 3. The molecule has 0 fully saturated rings. The number of carbonyl (C=O) groups is 1. The van der Waals surface area contributed by atoms with Crippen molar-refractivity contribution in [1.29, 1.82) is 5.26 Å². The van der Waals surface area contributed by atoms with Gasteiger partial charge < -0.3 is 10.6 Å². The number of benzene rings is 1. The Bertz CT molecular complexity index is 863. The van der Waals surface area contributed by atoms with Crippen molar-refractivity contribution < 1.29 is 4.79 Å². The van der Waals surface area contributed by atoms with E-state index in [-0.39, 0.29) is 18.0 Å². The van der Waals surface area contributed by atoms with Crippen LogP contribution in [0.4, 0.5) is 4.79 Å². The lowest BCUT2D eigenvalue weighted by molar-refractivity contribution is 0.238. The zero-order chi connectivity index (χ0) is 19.2. The molecule has 1 aliphatic rings. The minimum absolute atomic E-state index is 0.00651. The molecule has 2 unspecified atom stereocenters. The van der Waals surface area contributed by atoms with E-state index in [4.69, 9.17) is 5.26 Å². The minimum atomic E-state index is -0.160. The van der Waals surface area contributed by atoms with Crippen molar-refractivity contribution in [3.63, 3.8) is 0 Å². The summed E-state index contributed by atoms with van der Waals surface area (Å²) in [6.07, 6.45) is 5.48. The summed E-state index contributed by atoms with van der Waals surface area (Å²) in [5, 5.41) is 19.3. The second-order valence-corrected chi connectivity index (χ2v) is 6.86. The van der Waals surface area contributed by atoms with Crippen molar-refractivity contribution in [2.45, 2.75) is 51.7 Å². The molecule has 2 atom stereocenters. The van der Waals surface area contributed by atoms with E-state index in [9.17, 15) is 4.79 Å². The van der Waals surface area contributed by atoms with Gasteiger partial charge in [0.25, 0.3) is 0 Å². The maximum Gasteiger partial charge on any atom is 0.315 e. The lowest BCUT2D eigenvalue weighted by atomic mass is 9.96. The van der Waals surface area contributed by atoms with Crippen LogP contribution in [-0.2, 0) is 13.1 Å². The Hall–Kier alpha value is -3.07. The van der Waals surface area contributed by atoms with E-state index in [0.29, 0.717) is 19.5 Å². The van der Waals surface area contributed by atoms with Crippen molar-refractivity contribution in [3.8, 4) is 6.07 Å². The monoisotopic (exact) mass is 363 g/mol. The molecule has 0 aliphatic heterocycles. The predicted octanol–water partition coefficient (Wildman–Crippen LogP) is 3.33. The van der Waals surface area contributed by atoms with Gasteiger partial charge in [-0.2, -0.15) is 10.4 Å². The number of aryl methyl sites for hydroxylation is 2. The van der Waals surface area contributed by atoms with Gasteiger partial charge in [-0.3, -0.25) is 4.68 Å². The van der Waals surface area contributed by atoms with Crippen LogP contribution in [0.1, 0.15) is 41.3 Å². The smallest absolute Gasteiger partial charge is 0.315 e. The zero-order valence-electron chi connectivity index (χ0n) is 15.8. The van der Waals surface area contributed by atoms with E-state index in [1.807, 2.05) is 48.9 Å². The number of rotatable bonds is 6. The topological polar surface area (TPSA) is 82.7 Å². The van der Waals surface area contributed by atoms with Crippen LogP contribution in [0.25, 0.3) is 0 Å². The van der Waals surface area contributed by atoms with Gasteiger partial charge in [-0.25, -0.2) is 4.79 Å². The summed E-state index contributed by atoms with van der Waals surface area (Å²) in [5.41, 5.74) is 4.38. The van der Waals surface area contributed by atoms with Crippen molar-refractivity contribution >= 4 is 6.03 Å². The lowest BCUT2D eigenvalue weighted by Crippen LogP contribution is -2.40. The molecule has 2 N–H and O–H groups in total. The fourth-order valence-corrected chi connectivity index (χ4v) is 3.64. The fourth-order valence-electron chi connectivity index (χ4n) is 3.64. The summed E-state index contributed by atoms with van der Waals surface area (Å²) in [6, 6.07) is 11.9. The number of hydrogen-bond acceptors (Lipinski definition) is 3. The molecular weight excluding hydrogens is 338 g/mol. The molecule has 1 aromatic carbocycles. The number of allylic oxidation sites excluding steroid dienone is 1. The number of nitriles is 1. The molecule has 2 aromatic rings. The third-order valence-corrected chi connectivity index (χ3v) is 4.94. The van der Waals surface area contributed by atoms with Crippen LogP contribution in [0.5, 0.6) is 0 Å². The molecule has 1 heterocycles. The Kier molecular flexibility index (Phi) is 5.92. The molecule has 1 aliphatic carbocycles. The van der Waals surface area contributed by atoms with Gasteiger partial charge in [0.15, 0.2) is 0 Å². The first-order valence-electron chi connectivity index (χ1n) is 9.26. The SMILES string of the molecule is Cc1nn(CCC#N)c(C)c1C1C=CC(NC(=O)NCc2ccccc2)C1. The molecule has 0 spiro atoms. The maximum absolute atomic E-state index is 12.2. The van der Waals surface area contributed by atoms with E-state index in [1.165, 1.54) is 5.56 Å². The van der Waals surface area contributed by atoms with Crippen molar-refractivity contribution in [2.24, 2.45) is 0 Å². The number of aromatic nitrogens is 2. The molecule has 6 heteroatoms. The van der Waals surface area contributed by atoms with E-state index in [1.54, 1.807) is 0 Å². The number of hydrogen-bond donors (Lipinski definition) is 2. The van der Waals surface area contributed by atoms with Crippen LogP contribution >= 0.6 is 0 Å². The highest BCUT2D eigenvalue weighted by Gasteiger charge is 2.26. The van der Waals surface area contributed by atoms with Gasteiger partial charge in [-0.1, -0.05) is 42.5 Å². The van der Waals surface area contributed by atoms with Crippen LogP contribution in [0.15, 0.2) is 42.5 Å². The van der Waals surface area contributed by atoms with Crippen molar-refractivity contribution in [3.05, 3.63) is 65.0 Å². The van der Waals surface area contributed by atoms with Gasteiger partial charge in [-0.15, -0.1) is 0 Å². The quantitative estimate of drug-likeness (QED) is 0.772. The van der Waals surface area contributed by atoms with Crippen LogP contribution in [0, 0.1) is 25.2 Å². The average Bonchev–Trinajstić information content (AvgIpc) is 3.22. The Morgan fingerprint density at radius 1 is 1.30 bits per heavy atom. The summed E-state index contributed by atoms with van der Waals surface area (Å²) in [6.45, 7) is 5.18. The van der Waals surface area contributed by atoms with E-state index in [0.717, 1.165) is 23.4 Å². The third-order valence-electron chi connectivity index (χ3n) is 4.94. The van der Waals surface area contributed by atoms with Crippen LogP contribution in [-0.4, -0.2) is 21.9 Å². The minimum Gasteiger partial charge on any atom is -0.334 e. The summed E-state index contributed by atoms with van der Waals surface area (Å²) in [4.78, 5) is 12.2. The van der Waals surface area contributed by atoms with Crippen LogP contribution in [0.3, 0.4) is 0 Å². The highest BCUT2D eigenvalue weighted by molar-refractivity contribution is 5.74. The summed E-state index contributed by atoms with van der Waals surface area (Å²) < 4.78 is 1.91. The molecule has 6 nitrogen and oxygen atoms in total. The van der Waals surface area contributed by atoms with Gasteiger partial charge in [-0.05, 0) is 25.8 Å². The first-order valence-corrected chi connectivity index (χ1v) is 9.26. The molecule has 3 rings (SSSR count). The molecule has 0 radical (unpaired) electrons. The summed E-state index contributed by atoms with van der Waals surface area (Å²) in [5.74, 6) is 0.236. The van der Waals surface area contributed by atoms with Crippen molar-refractivity contribution in [2.75, 3.05) is 0 Å². The van der Waals surface area contributed by atoms with Gasteiger partial charge >= 0.3 is 6.03 Å². The highest BCUT2D eigenvalue weighted by Crippen LogP contribution is 2.33. The standard InChI is InChI=1S/C21H25N5O/c1-15-20(16(2)26(25-15)12-6-11-22)18-9-10-19(13-18)24-21(27)23-14-17-7-4-3-5-8-17/h3-5,7-10,18-19H,6,12-14H2,1-2H3,(H2,23,24,27). The first kappa shape index (κ1) is 18.7. The van der Waals surface area contributed by atoms with Gasteiger partial charge in [0.1, 0.15) is 0 Å². The third kappa shape index (κ3) is 4.56. The van der Waals surface area contributed by atoms with Crippen molar-refractivity contribution in [1.82, 2.24) is 20.4 Å². The molecule has 2 amide bonds. The number of amides is 2. The lowest BCUT2D eigenvalue weighted by Gasteiger charge is -2.15. The van der Waals surface area contributed by atoms with E-state index < -0.39 is 0 Å². The molecule has 0 saturated carbocycles. The second kappa shape index (κ2) is 8.54. The molecule has 140 valence electrons. The molecule has 27 heavy (non-hydrogen) atoms. The number of nitrogens with one attached hydrogen (secondary N) is 2. The Balaban J connectivity index is 1.55. The predicted molar refractivity (Wildman–Crippen MR) is 104 cm³/mol. The van der Waals surface area contributed by atoms with E-state index in [2.05, 4.69) is 34.0 Å². The van der Waals surface area contributed by atoms with Crippen LogP contribution in [0.2, 0.25) is 0 Å². The molecule has 0 bridgehead atoms. The van der Waals surface area contributed by atoms with Gasteiger partial charge in [0.2, 0.25) is 0 Å². The fraction of sp³-hybridized carbons (Fsp3) is 0.381. The zero-order valence-corrected chi connectivity index (χ0v) is 15.8. The molecule has 0 saturated heterocycles. The summed E-state index contributed by atoms with van der Waals surface area (Å²) >= 11 is 0. The first-order chi connectivity index (χ1) is 13.1. The highest BCUT2D eigenvalue weighted by atomic mass is 16.2. The number of urea groups is 1. The van der Waals surface area contributed by atoms with E-state index >= 15 is 0 Å². The van der Waals surface area contributed by atoms with Gasteiger partial charge in [0.05, 0.1) is 24.7 Å².